The van der Waals surface area contributed by atoms with Gasteiger partial charge in [-0.15, -0.1) is 0 Å². The van der Waals surface area contributed by atoms with E-state index >= 15 is 0 Å². The fourth-order valence-electron chi connectivity index (χ4n) is 7.03. The molecule has 0 fully saturated rings. The van der Waals surface area contributed by atoms with Crippen molar-refractivity contribution < 1.29 is 19.7 Å². The van der Waals surface area contributed by atoms with Gasteiger partial charge in [-0.1, -0.05) is 146 Å². The Morgan fingerprint density at radius 2 is 0.766 bits per heavy atom. The van der Waals surface area contributed by atoms with Crippen LogP contribution in [0.15, 0.2) is 146 Å². The Bertz CT molecular complexity index is 1850. The summed E-state index contributed by atoms with van der Waals surface area (Å²) in [6.45, 7) is 3.75. The summed E-state index contributed by atoms with van der Waals surface area (Å²) in [4.78, 5) is 0. The summed E-state index contributed by atoms with van der Waals surface area (Å²) in [5.41, 5.74) is 9.45. The molecule has 0 saturated heterocycles. The van der Waals surface area contributed by atoms with Crippen molar-refractivity contribution in [2.75, 3.05) is 13.2 Å². The predicted molar refractivity (Wildman–Crippen MR) is 189 cm³/mol. The van der Waals surface area contributed by atoms with E-state index in [0.717, 1.165) is 55.6 Å². The molecule has 7 rings (SSSR count). The van der Waals surface area contributed by atoms with Crippen LogP contribution in [0.25, 0.3) is 33.4 Å². The molecule has 0 saturated carbocycles. The minimum absolute atomic E-state index is 0.131. The molecular formula is C43H38O4. The van der Waals surface area contributed by atoms with Gasteiger partial charge in [-0.3, -0.25) is 0 Å². The van der Waals surface area contributed by atoms with E-state index in [0.29, 0.717) is 11.5 Å². The molecule has 6 aromatic carbocycles. The van der Waals surface area contributed by atoms with Crippen molar-refractivity contribution in [1.82, 2.24) is 0 Å². The Balaban J connectivity index is 1.64. The Morgan fingerprint density at radius 3 is 1.17 bits per heavy atom. The minimum atomic E-state index is -0.870. The second-order valence-corrected chi connectivity index (χ2v) is 12.3. The molecule has 0 heterocycles. The zero-order chi connectivity index (χ0) is 32.4. The standard InChI is InChI=1S/C43H38O4/c1-29(44)27-46-41-33(31-15-5-3-6-16-31)21-13-25-39(41)43(37-23-11-9-19-35(37)36-20-10-12-24-38(36)43)40-26-14-22-34(32-17-7-4-8-18-32)42(40)47-28-30(2)45/h3-26,29-30,44-45H,27-28H2,1-2H3. The Kier molecular flexibility index (Phi) is 8.38. The van der Waals surface area contributed by atoms with Gasteiger partial charge in [-0.05, 0) is 47.2 Å². The third-order valence-corrected chi connectivity index (χ3v) is 8.90. The van der Waals surface area contributed by atoms with Crippen LogP contribution >= 0.6 is 0 Å². The normalized spacial score (nSPS) is 14.1. The highest BCUT2D eigenvalue weighted by Crippen LogP contribution is 2.61. The average Bonchev–Trinajstić information content (AvgIpc) is 3.41. The van der Waals surface area contributed by atoms with Crippen LogP contribution in [0.1, 0.15) is 36.1 Å². The molecule has 6 aromatic rings. The Labute approximate surface area is 276 Å². The Hall–Kier alpha value is -5.16. The molecule has 0 aliphatic heterocycles. The number of aliphatic hydroxyl groups excluding tert-OH is 2. The monoisotopic (exact) mass is 618 g/mol. The zero-order valence-electron chi connectivity index (χ0n) is 26.6. The van der Waals surface area contributed by atoms with Crippen LogP contribution in [0.2, 0.25) is 0 Å². The molecule has 2 N–H and O–H groups in total. The number of fused-ring (bicyclic) bond motifs is 3. The lowest BCUT2D eigenvalue weighted by atomic mass is 9.66. The largest absolute Gasteiger partial charge is 0.490 e. The molecule has 1 aliphatic carbocycles. The van der Waals surface area contributed by atoms with Gasteiger partial charge in [-0.2, -0.15) is 0 Å². The summed E-state index contributed by atoms with van der Waals surface area (Å²) in [5.74, 6) is 1.41. The lowest BCUT2D eigenvalue weighted by Gasteiger charge is -2.37. The van der Waals surface area contributed by atoms with Gasteiger partial charge in [0.25, 0.3) is 0 Å². The van der Waals surface area contributed by atoms with E-state index in [-0.39, 0.29) is 13.2 Å². The van der Waals surface area contributed by atoms with Crippen molar-refractivity contribution in [3.63, 3.8) is 0 Å². The smallest absolute Gasteiger partial charge is 0.132 e. The number of hydrogen-bond acceptors (Lipinski definition) is 4. The molecule has 47 heavy (non-hydrogen) atoms. The van der Waals surface area contributed by atoms with Crippen molar-refractivity contribution in [3.05, 3.63) is 168 Å². The van der Waals surface area contributed by atoms with E-state index in [4.69, 9.17) is 9.47 Å². The molecule has 2 atom stereocenters. The number of ether oxygens (including phenoxy) is 2. The second kappa shape index (κ2) is 12.9. The molecule has 0 radical (unpaired) electrons. The average molecular weight is 619 g/mol. The lowest BCUT2D eigenvalue weighted by Crippen LogP contribution is -2.31. The summed E-state index contributed by atoms with van der Waals surface area (Å²) in [7, 11) is 0. The first kappa shape index (κ1) is 30.5. The van der Waals surface area contributed by atoms with Crippen LogP contribution in [0.3, 0.4) is 0 Å². The maximum Gasteiger partial charge on any atom is 0.132 e. The maximum atomic E-state index is 10.5. The molecule has 234 valence electrons. The van der Waals surface area contributed by atoms with Crippen LogP contribution in [-0.2, 0) is 5.41 Å². The van der Waals surface area contributed by atoms with Crippen molar-refractivity contribution in [2.45, 2.75) is 31.5 Å². The van der Waals surface area contributed by atoms with E-state index in [1.807, 2.05) is 36.4 Å². The highest BCUT2D eigenvalue weighted by atomic mass is 16.5. The second-order valence-electron chi connectivity index (χ2n) is 12.3. The third kappa shape index (κ3) is 5.40. The molecule has 0 amide bonds. The van der Waals surface area contributed by atoms with Gasteiger partial charge in [-0.25, -0.2) is 0 Å². The molecule has 2 unspecified atom stereocenters. The minimum Gasteiger partial charge on any atom is -0.490 e. The van der Waals surface area contributed by atoms with Crippen molar-refractivity contribution >= 4 is 0 Å². The number of aliphatic hydroxyl groups is 2. The number of hydrogen-bond donors (Lipinski definition) is 2. The van der Waals surface area contributed by atoms with Crippen molar-refractivity contribution in [1.29, 1.82) is 0 Å². The van der Waals surface area contributed by atoms with Crippen LogP contribution in [0, 0.1) is 0 Å². The van der Waals surface area contributed by atoms with Crippen LogP contribution in [0.5, 0.6) is 11.5 Å². The molecule has 4 nitrogen and oxygen atoms in total. The van der Waals surface area contributed by atoms with Crippen LogP contribution in [0.4, 0.5) is 0 Å². The number of benzene rings is 6. The summed E-state index contributed by atoms with van der Waals surface area (Å²) >= 11 is 0. The molecule has 0 bridgehead atoms. The van der Waals surface area contributed by atoms with Crippen molar-refractivity contribution in [2.24, 2.45) is 0 Å². The highest BCUT2D eigenvalue weighted by molar-refractivity contribution is 5.90. The third-order valence-electron chi connectivity index (χ3n) is 8.90. The topological polar surface area (TPSA) is 58.9 Å². The van der Waals surface area contributed by atoms with Gasteiger partial charge < -0.3 is 19.7 Å². The van der Waals surface area contributed by atoms with Crippen molar-refractivity contribution in [3.8, 4) is 44.9 Å². The quantitative estimate of drug-likeness (QED) is 0.161. The predicted octanol–water partition coefficient (Wildman–Crippen LogP) is 8.90. The van der Waals surface area contributed by atoms with Gasteiger partial charge in [0.2, 0.25) is 0 Å². The fourth-order valence-corrected chi connectivity index (χ4v) is 7.03. The van der Waals surface area contributed by atoms with Gasteiger partial charge in [0.05, 0.1) is 17.6 Å². The molecule has 1 aliphatic rings. The van der Waals surface area contributed by atoms with Gasteiger partial charge in [0.1, 0.15) is 24.7 Å². The maximum absolute atomic E-state index is 10.5. The first-order valence-electron chi connectivity index (χ1n) is 16.2. The van der Waals surface area contributed by atoms with E-state index in [1.54, 1.807) is 13.8 Å². The molecule has 0 spiro atoms. The van der Waals surface area contributed by atoms with Gasteiger partial charge in [0, 0.05) is 22.3 Å². The summed E-state index contributed by atoms with van der Waals surface area (Å²) in [5, 5.41) is 21.0. The number of rotatable bonds is 10. The molecule has 4 heteroatoms. The zero-order valence-corrected chi connectivity index (χ0v) is 26.6. The Morgan fingerprint density at radius 1 is 0.426 bits per heavy atom. The van der Waals surface area contributed by atoms with Crippen LogP contribution in [-0.4, -0.2) is 35.6 Å². The molecule has 0 aromatic heterocycles. The lowest BCUT2D eigenvalue weighted by molar-refractivity contribution is 0.121. The van der Waals surface area contributed by atoms with Gasteiger partial charge in [0.15, 0.2) is 0 Å². The molecular weight excluding hydrogens is 580 g/mol. The first-order chi connectivity index (χ1) is 23.0. The summed E-state index contributed by atoms with van der Waals surface area (Å²) in [6.07, 6.45) is -1.34. The number of para-hydroxylation sites is 2. The van der Waals surface area contributed by atoms with Crippen LogP contribution < -0.4 is 9.47 Å². The SMILES string of the molecule is CC(O)COc1c(-c2ccccc2)cccc1C1(c2cccc(-c3ccccc3)c2OCC(C)O)c2ccccc2-c2ccccc21. The fraction of sp³-hybridized carbons (Fsp3) is 0.163. The first-order valence-corrected chi connectivity index (χ1v) is 16.2. The summed E-state index contributed by atoms with van der Waals surface area (Å²) < 4.78 is 13.4. The van der Waals surface area contributed by atoms with E-state index in [1.165, 1.54) is 0 Å². The van der Waals surface area contributed by atoms with Gasteiger partial charge >= 0.3 is 0 Å². The van der Waals surface area contributed by atoms with E-state index in [2.05, 4.69) is 109 Å². The summed E-state index contributed by atoms with van der Waals surface area (Å²) in [6, 6.07) is 50.3. The van der Waals surface area contributed by atoms with E-state index < -0.39 is 17.6 Å². The van der Waals surface area contributed by atoms with E-state index in [9.17, 15) is 10.2 Å². The highest BCUT2D eigenvalue weighted by Gasteiger charge is 2.50.